The molecule has 1 fully saturated rings. The van der Waals surface area contributed by atoms with Crippen molar-refractivity contribution in [3.05, 3.63) is 106 Å². The van der Waals surface area contributed by atoms with Gasteiger partial charge >= 0.3 is 0 Å². The number of carbonyl (C=O) groups is 1. The van der Waals surface area contributed by atoms with Crippen LogP contribution in [-0.2, 0) is 6.54 Å². The summed E-state index contributed by atoms with van der Waals surface area (Å²) in [6.45, 7) is 2.73. The Morgan fingerprint density at radius 1 is 0.919 bits per heavy atom. The normalized spacial score (nSPS) is 14.8. The Bertz CT molecular complexity index is 1410. The number of nitrogens with zero attached hydrogens (tertiary/aromatic N) is 3. The van der Waals surface area contributed by atoms with E-state index in [0.29, 0.717) is 23.9 Å². The molecule has 190 valence electrons. The van der Waals surface area contributed by atoms with Gasteiger partial charge in [0.25, 0.3) is 11.5 Å². The second kappa shape index (κ2) is 11.4. The van der Waals surface area contributed by atoms with E-state index in [9.17, 15) is 9.59 Å². The minimum absolute atomic E-state index is 0.0386. The maximum absolute atomic E-state index is 13.6. The molecule has 1 atom stereocenters. The molecule has 0 radical (unpaired) electrons. The van der Waals surface area contributed by atoms with Crippen molar-refractivity contribution in [3.63, 3.8) is 0 Å². The average Bonchev–Trinajstić information content (AvgIpc) is 2.96. The number of methoxy groups -OCH3 is 1. The Balaban J connectivity index is 1.44. The van der Waals surface area contributed by atoms with Gasteiger partial charge in [-0.3, -0.25) is 14.5 Å². The predicted octanol–water partition coefficient (Wildman–Crippen LogP) is 4.41. The van der Waals surface area contributed by atoms with Crippen molar-refractivity contribution >= 4 is 16.7 Å². The summed E-state index contributed by atoms with van der Waals surface area (Å²) in [5.41, 5.74) is 2.14. The topological polar surface area (TPSA) is 76.5 Å². The quantitative estimate of drug-likeness (QED) is 0.391. The molecule has 1 aromatic heterocycles. The minimum atomic E-state index is -0.284. The van der Waals surface area contributed by atoms with E-state index in [-0.39, 0.29) is 23.2 Å². The largest absolute Gasteiger partial charge is 0.497 e. The molecule has 7 heteroatoms. The lowest BCUT2D eigenvalue weighted by molar-refractivity contribution is 0.0919. The van der Waals surface area contributed by atoms with Crippen molar-refractivity contribution in [2.24, 2.45) is 0 Å². The van der Waals surface area contributed by atoms with E-state index in [4.69, 9.17) is 4.74 Å². The molecule has 37 heavy (non-hydrogen) atoms. The van der Waals surface area contributed by atoms with E-state index in [2.05, 4.69) is 27.4 Å². The lowest BCUT2D eigenvalue weighted by Crippen LogP contribution is -2.41. The van der Waals surface area contributed by atoms with E-state index >= 15 is 0 Å². The molecular formula is C30H32N4O3. The smallest absolute Gasteiger partial charge is 0.274 e. The van der Waals surface area contributed by atoms with Crippen LogP contribution in [0.1, 0.15) is 46.9 Å². The van der Waals surface area contributed by atoms with Gasteiger partial charge in [-0.2, -0.15) is 5.10 Å². The maximum atomic E-state index is 13.6. The molecule has 1 aliphatic heterocycles. The Morgan fingerprint density at radius 2 is 1.59 bits per heavy atom. The molecule has 3 aromatic carbocycles. The zero-order valence-electron chi connectivity index (χ0n) is 21.1. The number of aromatic nitrogens is 2. The van der Waals surface area contributed by atoms with Gasteiger partial charge in [0.05, 0.1) is 25.1 Å². The number of rotatable bonds is 8. The number of nitrogens with one attached hydrogen (secondary N) is 1. The van der Waals surface area contributed by atoms with Gasteiger partial charge in [0.1, 0.15) is 5.75 Å². The first kappa shape index (κ1) is 24.7. The average molecular weight is 497 g/mol. The number of hydrogen-bond acceptors (Lipinski definition) is 5. The fraction of sp³-hybridized carbons (Fsp3) is 0.300. The SMILES string of the molecule is COc1ccc(C(CNC(=O)c2nn(Cc3ccccc3)c(=O)c3ccccc23)N2CCCCC2)cc1. The van der Waals surface area contributed by atoms with Crippen LogP contribution in [0.25, 0.3) is 10.8 Å². The van der Waals surface area contributed by atoms with Crippen molar-refractivity contribution in [1.29, 1.82) is 0 Å². The summed E-state index contributed by atoms with van der Waals surface area (Å²) in [5.74, 6) is 0.523. The van der Waals surface area contributed by atoms with Crippen molar-refractivity contribution in [3.8, 4) is 5.75 Å². The fourth-order valence-electron chi connectivity index (χ4n) is 5.05. The molecule has 5 rings (SSSR count). The van der Waals surface area contributed by atoms with Crippen LogP contribution >= 0.6 is 0 Å². The highest BCUT2D eigenvalue weighted by Gasteiger charge is 2.24. The molecular weight excluding hydrogens is 464 g/mol. The third-order valence-electron chi connectivity index (χ3n) is 7.05. The van der Waals surface area contributed by atoms with E-state index in [1.54, 1.807) is 19.2 Å². The zero-order chi connectivity index (χ0) is 25.6. The molecule has 0 saturated carbocycles. The summed E-state index contributed by atoms with van der Waals surface area (Å²) < 4.78 is 6.72. The molecule has 1 unspecified atom stereocenters. The van der Waals surface area contributed by atoms with Crippen LogP contribution in [0.3, 0.4) is 0 Å². The predicted molar refractivity (Wildman–Crippen MR) is 145 cm³/mol. The summed E-state index contributed by atoms with van der Waals surface area (Å²) in [6.07, 6.45) is 3.53. The van der Waals surface area contributed by atoms with Crippen LogP contribution < -0.4 is 15.6 Å². The Morgan fingerprint density at radius 3 is 2.30 bits per heavy atom. The molecule has 1 amide bonds. The molecule has 0 aliphatic carbocycles. The number of carbonyl (C=O) groups excluding carboxylic acids is 1. The van der Waals surface area contributed by atoms with Gasteiger partial charge in [0, 0.05) is 11.9 Å². The van der Waals surface area contributed by atoms with E-state index in [1.807, 2.05) is 54.6 Å². The summed E-state index contributed by atoms with van der Waals surface area (Å²) in [4.78, 5) is 29.2. The summed E-state index contributed by atoms with van der Waals surface area (Å²) in [6, 6.07) is 25.0. The lowest BCUT2D eigenvalue weighted by Gasteiger charge is -2.35. The standard InChI is InChI=1S/C30H32N4O3/c1-37-24-16-14-23(15-17-24)27(33-18-8-3-9-19-33)20-31-29(35)28-25-12-6-7-13-26(25)30(36)34(32-28)21-22-10-4-2-5-11-22/h2,4-7,10-17,27H,3,8-9,18-21H2,1H3,(H,31,35). The Hall–Kier alpha value is -3.97. The van der Waals surface area contributed by atoms with Crippen LogP contribution in [0.5, 0.6) is 5.75 Å². The van der Waals surface area contributed by atoms with Gasteiger partial charge in [0.2, 0.25) is 0 Å². The summed E-state index contributed by atoms with van der Waals surface area (Å²) >= 11 is 0. The zero-order valence-corrected chi connectivity index (χ0v) is 21.1. The van der Waals surface area contributed by atoms with Gasteiger partial charge in [-0.25, -0.2) is 4.68 Å². The molecule has 1 N–H and O–H groups in total. The van der Waals surface area contributed by atoms with Crippen molar-refractivity contribution in [2.45, 2.75) is 31.8 Å². The molecule has 1 aliphatic rings. The first-order valence-corrected chi connectivity index (χ1v) is 12.8. The summed E-state index contributed by atoms with van der Waals surface area (Å²) in [5, 5.41) is 8.73. The number of likely N-dealkylation sites (tertiary alicyclic amines) is 1. The van der Waals surface area contributed by atoms with Gasteiger partial charge in [-0.15, -0.1) is 0 Å². The van der Waals surface area contributed by atoms with E-state index in [1.165, 1.54) is 11.1 Å². The van der Waals surface area contributed by atoms with Gasteiger partial charge in [0.15, 0.2) is 5.69 Å². The number of hydrogen-bond donors (Lipinski definition) is 1. The molecule has 1 saturated heterocycles. The number of amides is 1. The van der Waals surface area contributed by atoms with E-state index < -0.39 is 0 Å². The second-order valence-corrected chi connectivity index (χ2v) is 9.44. The first-order chi connectivity index (χ1) is 18.1. The van der Waals surface area contributed by atoms with Crippen molar-refractivity contribution in [2.75, 3.05) is 26.7 Å². The van der Waals surface area contributed by atoms with E-state index in [0.717, 1.165) is 42.8 Å². The molecule has 7 nitrogen and oxygen atoms in total. The highest BCUT2D eigenvalue weighted by Crippen LogP contribution is 2.26. The Labute approximate surface area is 216 Å². The highest BCUT2D eigenvalue weighted by atomic mass is 16.5. The Kier molecular flexibility index (Phi) is 7.61. The van der Waals surface area contributed by atoms with Crippen molar-refractivity contribution in [1.82, 2.24) is 20.0 Å². The summed E-state index contributed by atoms with van der Waals surface area (Å²) in [7, 11) is 1.66. The van der Waals surface area contributed by atoms with Gasteiger partial charge in [-0.1, -0.05) is 67.1 Å². The van der Waals surface area contributed by atoms with Gasteiger partial charge < -0.3 is 10.1 Å². The van der Waals surface area contributed by atoms with Crippen LogP contribution in [0.4, 0.5) is 0 Å². The monoisotopic (exact) mass is 496 g/mol. The van der Waals surface area contributed by atoms with Crippen LogP contribution in [0.2, 0.25) is 0 Å². The number of fused-ring (bicyclic) bond motifs is 1. The number of ether oxygens (including phenoxy) is 1. The molecule has 0 bridgehead atoms. The number of benzene rings is 3. The molecule has 4 aromatic rings. The molecule has 0 spiro atoms. The second-order valence-electron chi connectivity index (χ2n) is 9.44. The molecule has 2 heterocycles. The van der Waals surface area contributed by atoms with Crippen LogP contribution in [-0.4, -0.2) is 47.3 Å². The van der Waals surface area contributed by atoms with Crippen LogP contribution in [0, 0.1) is 0 Å². The van der Waals surface area contributed by atoms with Gasteiger partial charge in [-0.05, 0) is 55.3 Å². The fourth-order valence-corrected chi connectivity index (χ4v) is 5.05. The highest BCUT2D eigenvalue weighted by molar-refractivity contribution is 6.04. The third kappa shape index (κ3) is 5.57. The number of piperidine rings is 1. The van der Waals surface area contributed by atoms with Crippen molar-refractivity contribution < 1.29 is 9.53 Å². The first-order valence-electron chi connectivity index (χ1n) is 12.8. The van der Waals surface area contributed by atoms with Crippen LogP contribution in [0.15, 0.2) is 83.7 Å². The lowest BCUT2D eigenvalue weighted by atomic mass is 10.0. The third-order valence-corrected chi connectivity index (χ3v) is 7.05. The maximum Gasteiger partial charge on any atom is 0.274 e. The minimum Gasteiger partial charge on any atom is -0.497 e.